The molecule has 0 aliphatic heterocycles. The third-order valence-corrected chi connectivity index (χ3v) is 7.23. The van der Waals surface area contributed by atoms with Crippen molar-refractivity contribution in [2.75, 3.05) is 25.2 Å². The van der Waals surface area contributed by atoms with Gasteiger partial charge in [0, 0.05) is 19.7 Å². The molecule has 0 saturated carbocycles. The molecule has 1 aromatic heterocycles. The third-order valence-electron chi connectivity index (χ3n) is 3.12. The van der Waals surface area contributed by atoms with Gasteiger partial charge in [0.2, 0.25) is 10.0 Å². The minimum Gasteiger partial charge on any atom is -0.298 e. The van der Waals surface area contributed by atoms with Crippen LogP contribution in [0.2, 0.25) is 0 Å². The van der Waals surface area contributed by atoms with Crippen molar-refractivity contribution < 1.29 is 13.2 Å². The summed E-state index contributed by atoms with van der Waals surface area (Å²) >= 11 is 2.64. The maximum atomic E-state index is 12.4. The van der Waals surface area contributed by atoms with E-state index in [1.807, 2.05) is 6.07 Å². The first-order chi connectivity index (χ1) is 11.8. The van der Waals surface area contributed by atoms with E-state index < -0.39 is 15.9 Å². The Morgan fingerprint density at radius 3 is 2.80 bits per heavy atom. The number of sulfonamides is 1. The average molecular weight is 397 g/mol. The van der Waals surface area contributed by atoms with Gasteiger partial charge in [0.25, 0.3) is 5.91 Å². The SMILES string of the molecule is Cc1nc(NC(=O)c2cccc(S(=O)(=O)N(C)C)c2)sc1SCC#N. The molecule has 0 atom stereocenters. The Morgan fingerprint density at radius 1 is 1.44 bits per heavy atom. The maximum Gasteiger partial charge on any atom is 0.257 e. The van der Waals surface area contributed by atoms with Crippen LogP contribution in [0.25, 0.3) is 0 Å². The zero-order valence-corrected chi connectivity index (χ0v) is 16.3. The normalized spacial score (nSPS) is 11.3. The zero-order valence-electron chi connectivity index (χ0n) is 13.8. The molecule has 1 N–H and O–H groups in total. The summed E-state index contributed by atoms with van der Waals surface area (Å²) in [5, 5.41) is 11.7. The highest BCUT2D eigenvalue weighted by Gasteiger charge is 2.19. The second-order valence-electron chi connectivity index (χ2n) is 5.11. The van der Waals surface area contributed by atoms with Crippen molar-refractivity contribution in [1.29, 1.82) is 5.26 Å². The predicted molar refractivity (Wildman–Crippen MR) is 98.5 cm³/mol. The Bertz CT molecular complexity index is 930. The lowest BCUT2D eigenvalue weighted by Crippen LogP contribution is -2.22. The number of benzene rings is 1. The third kappa shape index (κ3) is 4.58. The van der Waals surface area contributed by atoms with E-state index in [2.05, 4.69) is 10.3 Å². The van der Waals surface area contributed by atoms with E-state index in [9.17, 15) is 13.2 Å². The number of nitriles is 1. The van der Waals surface area contributed by atoms with Gasteiger partial charge >= 0.3 is 0 Å². The molecular weight excluding hydrogens is 380 g/mol. The van der Waals surface area contributed by atoms with Crippen molar-refractivity contribution in [1.82, 2.24) is 9.29 Å². The van der Waals surface area contributed by atoms with Gasteiger partial charge in [-0.3, -0.25) is 10.1 Å². The topological polar surface area (TPSA) is 103 Å². The number of carbonyl (C=O) groups is 1. The van der Waals surface area contributed by atoms with Crippen molar-refractivity contribution in [2.24, 2.45) is 0 Å². The first kappa shape index (κ1) is 19.4. The molecule has 132 valence electrons. The molecular formula is C15H16N4O3S3. The van der Waals surface area contributed by atoms with Crippen LogP contribution in [0, 0.1) is 18.3 Å². The van der Waals surface area contributed by atoms with Crippen LogP contribution in [-0.4, -0.2) is 43.5 Å². The van der Waals surface area contributed by atoms with E-state index in [1.165, 1.54) is 61.5 Å². The molecule has 1 heterocycles. The van der Waals surface area contributed by atoms with Gasteiger partial charge in [-0.05, 0) is 25.1 Å². The number of anilines is 1. The lowest BCUT2D eigenvalue weighted by Gasteiger charge is -2.12. The zero-order chi connectivity index (χ0) is 18.6. The van der Waals surface area contributed by atoms with E-state index in [0.29, 0.717) is 10.9 Å². The second-order valence-corrected chi connectivity index (χ2v) is 9.50. The van der Waals surface area contributed by atoms with Crippen LogP contribution >= 0.6 is 23.1 Å². The van der Waals surface area contributed by atoms with Crippen molar-refractivity contribution in [3.05, 3.63) is 35.5 Å². The molecule has 0 saturated heterocycles. The highest BCUT2D eigenvalue weighted by molar-refractivity contribution is 8.01. The first-order valence-electron chi connectivity index (χ1n) is 7.07. The summed E-state index contributed by atoms with van der Waals surface area (Å²) < 4.78 is 26.3. The summed E-state index contributed by atoms with van der Waals surface area (Å²) in [7, 11) is -0.749. The van der Waals surface area contributed by atoms with Crippen LogP contribution < -0.4 is 5.32 Å². The highest BCUT2D eigenvalue weighted by atomic mass is 32.2. The van der Waals surface area contributed by atoms with Crippen LogP contribution in [0.3, 0.4) is 0 Å². The number of hydrogen-bond donors (Lipinski definition) is 1. The van der Waals surface area contributed by atoms with E-state index in [4.69, 9.17) is 5.26 Å². The molecule has 7 nitrogen and oxygen atoms in total. The lowest BCUT2D eigenvalue weighted by atomic mass is 10.2. The summed E-state index contributed by atoms with van der Waals surface area (Å²) in [4.78, 5) is 16.7. The molecule has 2 rings (SSSR count). The molecule has 0 aliphatic carbocycles. The summed E-state index contributed by atoms with van der Waals surface area (Å²) in [6.07, 6.45) is 0. The van der Waals surface area contributed by atoms with Crippen LogP contribution in [-0.2, 0) is 10.0 Å². The molecule has 10 heteroatoms. The molecule has 0 aliphatic rings. The van der Waals surface area contributed by atoms with Crippen molar-refractivity contribution >= 4 is 44.2 Å². The monoisotopic (exact) mass is 396 g/mol. The molecule has 0 bridgehead atoms. The van der Waals surface area contributed by atoms with Gasteiger partial charge in [0.15, 0.2) is 5.13 Å². The largest absolute Gasteiger partial charge is 0.298 e. The van der Waals surface area contributed by atoms with Crippen LogP contribution in [0.15, 0.2) is 33.4 Å². The van der Waals surface area contributed by atoms with E-state index in [0.717, 1.165) is 14.2 Å². The Labute approximate surface area is 154 Å². The van der Waals surface area contributed by atoms with Crippen molar-refractivity contribution in [2.45, 2.75) is 16.0 Å². The van der Waals surface area contributed by atoms with Crippen molar-refractivity contribution in [3.8, 4) is 6.07 Å². The van der Waals surface area contributed by atoms with Gasteiger partial charge in [0.1, 0.15) is 0 Å². The van der Waals surface area contributed by atoms with Crippen LogP contribution in [0.5, 0.6) is 0 Å². The van der Waals surface area contributed by atoms with E-state index >= 15 is 0 Å². The molecule has 0 radical (unpaired) electrons. The van der Waals surface area contributed by atoms with Gasteiger partial charge in [-0.1, -0.05) is 29.2 Å². The van der Waals surface area contributed by atoms with Crippen LogP contribution in [0.1, 0.15) is 16.1 Å². The van der Waals surface area contributed by atoms with Gasteiger partial charge in [-0.2, -0.15) is 5.26 Å². The van der Waals surface area contributed by atoms with E-state index in [1.54, 1.807) is 6.92 Å². The maximum absolute atomic E-state index is 12.4. The Morgan fingerprint density at radius 2 is 2.16 bits per heavy atom. The molecule has 1 amide bonds. The number of nitrogens with zero attached hydrogens (tertiary/aromatic N) is 3. The summed E-state index contributed by atoms with van der Waals surface area (Å²) in [6, 6.07) is 7.87. The molecule has 2 aromatic rings. The smallest absolute Gasteiger partial charge is 0.257 e. The number of amides is 1. The number of rotatable bonds is 6. The molecule has 25 heavy (non-hydrogen) atoms. The molecule has 1 aromatic carbocycles. The fourth-order valence-electron chi connectivity index (χ4n) is 1.85. The second kappa shape index (κ2) is 7.97. The number of aromatic nitrogens is 1. The van der Waals surface area contributed by atoms with Gasteiger partial charge < -0.3 is 0 Å². The Kier molecular flexibility index (Phi) is 6.18. The molecule has 0 unspecified atom stereocenters. The minimum absolute atomic E-state index is 0.0470. The average Bonchev–Trinajstić information content (AvgIpc) is 2.92. The molecule has 0 spiro atoms. The van der Waals surface area contributed by atoms with Crippen LogP contribution in [0.4, 0.5) is 5.13 Å². The van der Waals surface area contributed by atoms with Gasteiger partial charge in [0.05, 0.1) is 26.6 Å². The number of aryl methyl sites for hydroxylation is 1. The number of nitrogens with one attached hydrogen (secondary N) is 1. The summed E-state index contributed by atoms with van der Waals surface area (Å²) in [6.45, 7) is 1.80. The number of thioether (sulfide) groups is 1. The Balaban J connectivity index is 2.21. The minimum atomic E-state index is -3.61. The van der Waals surface area contributed by atoms with E-state index in [-0.39, 0.29) is 10.5 Å². The quantitative estimate of drug-likeness (QED) is 0.753. The highest BCUT2D eigenvalue weighted by Crippen LogP contribution is 2.32. The van der Waals surface area contributed by atoms with Gasteiger partial charge in [-0.25, -0.2) is 17.7 Å². The fourth-order valence-corrected chi connectivity index (χ4v) is 4.59. The standard InChI is InChI=1S/C15H16N4O3S3/c1-10-14(23-8-7-16)24-15(17-10)18-13(20)11-5-4-6-12(9-11)25(21,22)19(2)3/h4-6,9H,8H2,1-3H3,(H,17,18,20). The summed E-state index contributed by atoms with van der Waals surface area (Å²) in [5.74, 6) is -0.137. The molecule has 0 fully saturated rings. The first-order valence-corrected chi connectivity index (χ1v) is 10.3. The fraction of sp³-hybridized carbons (Fsp3) is 0.267. The predicted octanol–water partition coefficient (Wildman–Crippen LogP) is 2.57. The van der Waals surface area contributed by atoms with Gasteiger partial charge in [-0.15, -0.1) is 0 Å². The summed E-state index contributed by atoms with van der Waals surface area (Å²) in [5.41, 5.74) is 0.964. The number of hydrogen-bond acceptors (Lipinski definition) is 7. The lowest BCUT2D eigenvalue weighted by molar-refractivity contribution is 0.102. The van der Waals surface area contributed by atoms with Crippen molar-refractivity contribution in [3.63, 3.8) is 0 Å². The Hall–Kier alpha value is -1.93. The number of thiazole rings is 1. The number of carbonyl (C=O) groups excluding carboxylic acids is 1.